The van der Waals surface area contributed by atoms with Crippen LogP contribution in [0.4, 0.5) is 0 Å². The van der Waals surface area contributed by atoms with Crippen LogP contribution in [0.15, 0.2) is 196 Å². The van der Waals surface area contributed by atoms with E-state index in [1.165, 1.54) is 0 Å². The molecular weight excluding hydrogens is 718 g/mol. The molecule has 10 aromatic rings. The number of hydrogen-bond donors (Lipinski definition) is 0. The molecular formula is C44H28O6P2S. The second-order valence-corrected chi connectivity index (χ2v) is 15.3. The van der Waals surface area contributed by atoms with Crippen LogP contribution in [-0.4, -0.2) is 0 Å². The first-order chi connectivity index (χ1) is 26.2. The molecule has 0 aliphatic rings. The van der Waals surface area contributed by atoms with Gasteiger partial charge >= 0.3 is 16.5 Å². The van der Waals surface area contributed by atoms with Crippen LogP contribution >= 0.6 is 28.2 Å². The second kappa shape index (κ2) is 13.5. The maximum absolute atomic E-state index is 6.77. The molecule has 0 amide bonds. The van der Waals surface area contributed by atoms with E-state index in [1.807, 2.05) is 133 Å². The van der Waals surface area contributed by atoms with Gasteiger partial charge in [-0.1, -0.05) is 145 Å². The van der Waals surface area contributed by atoms with Crippen molar-refractivity contribution in [2.45, 2.75) is 9.79 Å². The highest BCUT2D eigenvalue weighted by Gasteiger charge is 2.20. The first-order valence-corrected chi connectivity index (χ1v) is 20.0. The Morgan fingerprint density at radius 3 is 0.981 bits per heavy atom. The normalized spacial score (nSPS) is 11.5. The summed E-state index contributed by atoms with van der Waals surface area (Å²) in [4.78, 5) is 1.80. The Bertz CT molecular complexity index is 2760. The van der Waals surface area contributed by atoms with Gasteiger partial charge in [0, 0.05) is 21.5 Å². The van der Waals surface area contributed by atoms with Crippen molar-refractivity contribution in [3.63, 3.8) is 0 Å². The Kier molecular flexibility index (Phi) is 8.11. The highest BCUT2D eigenvalue weighted by Crippen LogP contribution is 2.50. The van der Waals surface area contributed by atoms with Gasteiger partial charge in [-0.2, -0.15) is 0 Å². The smallest absolute Gasteiger partial charge is 0.390 e. The molecule has 0 atom stereocenters. The third-order valence-corrected chi connectivity index (χ3v) is 12.4. The van der Waals surface area contributed by atoms with Gasteiger partial charge in [0.2, 0.25) is 0 Å². The lowest BCUT2D eigenvalue weighted by Gasteiger charge is -2.16. The summed E-state index contributed by atoms with van der Waals surface area (Å²) in [6.07, 6.45) is 0. The van der Waals surface area contributed by atoms with E-state index >= 15 is 0 Å². The van der Waals surface area contributed by atoms with Crippen molar-refractivity contribution in [3.8, 4) is 11.5 Å². The van der Waals surface area contributed by atoms with Crippen molar-refractivity contribution in [1.82, 2.24) is 0 Å². The molecule has 2 heterocycles. The van der Waals surface area contributed by atoms with Gasteiger partial charge in [-0.15, -0.1) is 0 Å². The Balaban J connectivity index is 1.15. The van der Waals surface area contributed by atoms with Crippen molar-refractivity contribution < 1.29 is 25.8 Å². The summed E-state index contributed by atoms with van der Waals surface area (Å²) in [6.45, 7) is 0. The van der Waals surface area contributed by atoms with E-state index in [4.69, 9.17) is 25.8 Å². The molecule has 10 rings (SSSR count). The molecule has 0 N–H and O–H groups in total. The van der Waals surface area contributed by atoms with Crippen LogP contribution in [0, 0.1) is 0 Å². The molecule has 0 bridgehead atoms. The minimum absolute atomic E-state index is 0.631. The fourth-order valence-corrected chi connectivity index (χ4v) is 10.0. The predicted molar refractivity (Wildman–Crippen MR) is 217 cm³/mol. The van der Waals surface area contributed by atoms with Crippen LogP contribution in [0.5, 0.6) is 11.5 Å². The molecule has 0 unspecified atom stereocenters. The molecule has 0 fully saturated rings. The summed E-state index contributed by atoms with van der Waals surface area (Å²) in [5.41, 5.74) is 2.82. The first-order valence-electron chi connectivity index (χ1n) is 17.0. The summed E-state index contributed by atoms with van der Waals surface area (Å²) in [7, 11) is -3.77. The SMILES string of the molecule is c1ccc2c(Sc3c(Op4oc5ccccc5c5ccccc5o4)ccc4ccccc34)c(Op3oc4ccccc4c4ccccc4o3)ccc2c1. The lowest BCUT2D eigenvalue weighted by atomic mass is 10.1. The molecule has 53 heavy (non-hydrogen) atoms. The van der Waals surface area contributed by atoms with Crippen molar-refractivity contribution in [2.24, 2.45) is 0 Å². The van der Waals surface area contributed by atoms with Crippen LogP contribution in [0.25, 0.3) is 65.4 Å². The van der Waals surface area contributed by atoms with E-state index in [2.05, 4.69) is 36.4 Å². The number of fused-ring (bicyclic) bond motifs is 8. The van der Waals surface area contributed by atoms with Crippen LogP contribution in [0.1, 0.15) is 0 Å². The average Bonchev–Trinajstić information content (AvgIpc) is 3.46. The quantitative estimate of drug-likeness (QED) is 0.168. The molecule has 2 aromatic heterocycles. The Hall–Kier alpha value is -5.97. The van der Waals surface area contributed by atoms with E-state index in [0.717, 1.165) is 52.9 Å². The van der Waals surface area contributed by atoms with Gasteiger partial charge in [-0.3, -0.25) is 0 Å². The van der Waals surface area contributed by atoms with Crippen molar-refractivity contribution in [3.05, 3.63) is 170 Å². The zero-order valence-electron chi connectivity index (χ0n) is 27.9. The minimum atomic E-state index is -1.88. The summed E-state index contributed by atoms with van der Waals surface area (Å²) in [5.74, 6) is 1.26. The highest BCUT2D eigenvalue weighted by molar-refractivity contribution is 8.00. The summed E-state index contributed by atoms with van der Waals surface area (Å²) in [5, 5.41) is 8.02. The number of hydrogen-bond acceptors (Lipinski definition) is 7. The third-order valence-electron chi connectivity index (χ3n) is 9.06. The van der Waals surface area contributed by atoms with Crippen molar-refractivity contribution in [1.29, 1.82) is 0 Å². The maximum Gasteiger partial charge on any atom is 0.453 e. The standard InChI is InChI=1S/C44H28O6P2S/c1-3-15-31-29(13-1)25-27-41(49-51-45-37-21-9-5-17-33(37)34-18-6-10-22-38(34)46-51)43(31)53-44-32-16-4-2-14-30(32)26-28-42(44)50-52-47-39-23-11-7-19-35(39)36-20-8-12-24-40(36)48-52/h1-28H. The van der Waals surface area contributed by atoms with Crippen LogP contribution in [-0.2, 0) is 0 Å². The van der Waals surface area contributed by atoms with Crippen molar-refractivity contribution >= 4 is 93.7 Å². The van der Waals surface area contributed by atoms with Crippen LogP contribution in [0.2, 0.25) is 0 Å². The molecule has 9 heteroatoms. The molecule has 0 saturated heterocycles. The van der Waals surface area contributed by atoms with Crippen molar-refractivity contribution in [2.75, 3.05) is 0 Å². The third kappa shape index (κ3) is 5.99. The molecule has 0 spiro atoms. The second-order valence-electron chi connectivity index (χ2n) is 12.3. The molecule has 0 aliphatic heterocycles. The molecule has 8 aromatic carbocycles. The van der Waals surface area contributed by atoms with E-state index < -0.39 is 16.5 Å². The summed E-state index contributed by atoms with van der Waals surface area (Å²) < 4.78 is 39.5. The van der Waals surface area contributed by atoms with Gasteiger partial charge in [0.1, 0.15) is 22.3 Å². The Labute approximate surface area is 309 Å². The van der Waals surface area contributed by atoms with Gasteiger partial charge < -0.3 is 25.8 Å². The van der Waals surface area contributed by atoms with Crippen LogP contribution in [0.3, 0.4) is 0 Å². The molecule has 256 valence electrons. The zero-order valence-corrected chi connectivity index (χ0v) is 30.5. The zero-order chi connectivity index (χ0) is 35.1. The van der Waals surface area contributed by atoms with Gasteiger partial charge in [-0.05, 0) is 57.9 Å². The number of benzene rings is 8. The monoisotopic (exact) mass is 746 g/mol. The van der Waals surface area contributed by atoms with Gasteiger partial charge in [0.05, 0.1) is 9.79 Å². The Morgan fingerprint density at radius 2 is 0.623 bits per heavy atom. The fraction of sp³-hybridized carbons (Fsp3) is 0. The maximum atomic E-state index is 6.77. The van der Waals surface area contributed by atoms with Crippen LogP contribution < -0.4 is 9.05 Å². The minimum Gasteiger partial charge on any atom is -0.390 e. The Morgan fingerprint density at radius 1 is 0.321 bits per heavy atom. The van der Waals surface area contributed by atoms with Gasteiger partial charge in [0.25, 0.3) is 0 Å². The summed E-state index contributed by atoms with van der Waals surface area (Å²) >= 11 is 1.58. The van der Waals surface area contributed by atoms with E-state index in [0.29, 0.717) is 33.8 Å². The average molecular weight is 747 g/mol. The number of para-hydroxylation sites is 4. The molecule has 0 radical (unpaired) electrons. The lowest BCUT2D eigenvalue weighted by Crippen LogP contribution is -1.90. The van der Waals surface area contributed by atoms with E-state index in [1.54, 1.807) is 11.8 Å². The first kappa shape index (κ1) is 31.7. The highest BCUT2D eigenvalue weighted by atomic mass is 32.2. The predicted octanol–water partition coefficient (Wildman–Crippen LogP) is 15.0. The molecule has 0 aliphatic carbocycles. The number of rotatable bonds is 6. The van der Waals surface area contributed by atoms with Gasteiger partial charge in [0.15, 0.2) is 11.5 Å². The fourth-order valence-electron chi connectivity index (χ4n) is 6.57. The molecule has 0 saturated carbocycles. The largest absolute Gasteiger partial charge is 0.453 e. The molecule has 6 nitrogen and oxygen atoms in total. The topological polar surface area (TPSA) is 71.0 Å². The van der Waals surface area contributed by atoms with Gasteiger partial charge in [-0.25, -0.2) is 0 Å². The van der Waals surface area contributed by atoms with E-state index in [9.17, 15) is 0 Å². The van der Waals surface area contributed by atoms with E-state index in [-0.39, 0.29) is 0 Å². The summed E-state index contributed by atoms with van der Waals surface area (Å²) in [6, 6.07) is 56.5. The lowest BCUT2D eigenvalue weighted by molar-refractivity contribution is 0.492.